The Labute approximate surface area is 148 Å². The number of thioether (sulfide) groups is 1. The minimum absolute atomic E-state index is 0.00988. The Bertz CT molecular complexity index is 856. The van der Waals surface area contributed by atoms with Gasteiger partial charge in [0.25, 0.3) is 0 Å². The number of nitrogens with zero attached hydrogens (tertiary/aromatic N) is 3. The minimum Gasteiger partial charge on any atom is -0.467 e. The highest BCUT2D eigenvalue weighted by Crippen LogP contribution is 2.17. The third-order valence-corrected chi connectivity index (χ3v) is 4.37. The zero-order chi connectivity index (χ0) is 17.6. The summed E-state index contributed by atoms with van der Waals surface area (Å²) in [5.74, 6) is 0.819. The van der Waals surface area contributed by atoms with E-state index in [1.165, 1.54) is 18.7 Å². The Morgan fingerprint density at radius 2 is 2.04 bits per heavy atom. The Kier molecular flexibility index (Phi) is 5.30. The number of anilines is 1. The van der Waals surface area contributed by atoms with Gasteiger partial charge >= 0.3 is 0 Å². The fraction of sp³-hybridized carbons (Fsp3) is 0.176. The summed E-state index contributed by atoms with van der Waals surface area (Å²) in [6, 6.07) is 10.5. The van der Waals surface area contributed by atoms with Crippen molar-refractivity contribution in [2.75, 3.05) is 11.1 Å². The Hall–Kier alpha value is -2.87. The molecule has 0 radical (unpaired) electrons. The van der Waals surface area contributed by atoms with Crippen molar-refractivity contribution >= 4 is 29.1 Å². The number of carbonyl (C=O) groups excluding carboxylic acids is 2. The van der Waals surface area contributed by atoms with Gasteiger partial charge < -0.3 is 14.3 Å². The van der Waals surface area contributed by atoms with Gasteiger partial charge in [-0.1, -0.05) is 11.8 Å². The molecule has 0 unspecified atom stereocenters. The molecule has 1 aromatic carbocycles. The highest BCUT2D eigenvalue weighted by atomic mass is 32.2. The van der Waals surface area contributed by atoms with Gasteiger partial charge in [-0.25, -0.2) is 0 Å². The lowest BCUT2D eigenvalue weighted by Gasteiger charge is -2.06. The van der Waals surface area contributed by atoms with E-state index in [0.717, 1.165) is 5.76 Å². The van der Waals surface area contributed by atoms with Crippen LogP contribution in [0.2, 0.25) is 0 Å². The molecule has 2 aromatic heterocycles. The summed E-state index contributed by atoms with van der Waals surface area (Å²) in [7, 11) is 0. The molecule has 3 rings (SSSR count). The van der Waals surface area contributed by atoms with E-state index in [1.54, 1.807) is 36.9 Å². The van der Waals surface area contributed by atoms with Crippen molar-refractivity contribution in [3.05, 3.63) is 60.3 Å². The number of amides is 1. The standard InChI is InChI=1S/C17H16N4O3S/c1-12(22)13-4-6-14(7-5-13)19-16(23)10-25-17-20-18-11-21(17)9-15-3-2-8-24-15/h2-8,11H,9-10H2,1H3,(H,19,23). The maximum Gasteiger partial charge on any atom is 0.234 e. The predicted molar refractivity (Wildman–Crippen MR) is 93.6 cm³/mol. The molecule has 3 aromatic rings. The summed E-state index contributed by atoms with van der Waals surface area (Å²) in [6.45, 7) is 2.01. The molecule has 0 atom stereocenters. The molecule has 7 nitrogen and oxygen atoms in total. The molecular weight excluding hydrogens is 340 g/mol. The number of hydrogen-bond acceptors (Lipinski definition) is 6. The van der Waals surface area contributed by atoms with Crippen LogP contribution in [0.15, 0.2) is 58.6 Å². The summed E-state index contributed by atoms with van der Waals surface area (Å²) in [6.07, 6.45) is 3.21. The fourth-order valence-corrected chi connectivity index (χ4v) is 2.87. The quantitative estimate of drug-likeness (QED) is 0.517. The molecule has 0 aliphatic rings. The van der Waals surface area contributed by atoms with Gasteiger partial charge in [-0.2, -0.15) is 0 Å². The van der Waals surface area contributed by atoms with E-state index in [-0.39, 0.29) is 17.4 Å². The zero-order valence-corrected chi connectivity index (χ0v) is 14.3. The number of hydrogen-bond donors (Lipinski definition) is 1. The van der Waals surface area contributed by atoms with Crippen LogP contribution < -0.4 is 5.32 Å². The number of furan rings is 1. The topological polar surface area (TPSA) is 90.0 Å². The van der Waals surface area contributed by atoms with Crippen LogP contribution in [0, 0.1) is 0 Å². The van der Waals surface area contributed by atoms with Gasteiger partial charge in [-0.15, -0.1) is 10.2 Å². The van der Waals surface area contributed by atoms with Crippen molar-refractivity contribution in [3.63, 3.8) is 0 Å². The maximum absolute atomic E-state index is 12.1. The van der Waals surface area contributed by atoms with Crippen LogP contribution in [0.5, 0.6) is 0 Å². The third kappa shape index (κ3) is 4.57. The van der Waals surface area contributed by atoms with Crippen molar-refractivity contribution in [2.24, 2.45) is 0 Å². The van der Waals surface area contributed by atoms with Crippen LogP contribution in [-0.4, -0.2) is 32.2 Å². The molecule has 0 saturated heterocycles. The molecule has 0 bridgehead atoms. The van der Waals surface area contributed by atoms with Crippen molar-refractivity contribution < 1.29 is 14.0 Å². The van der Waals surface area contributed by atoms with E-state index in [0.29, 0.717) is 23.0 Å². The Morgan fingerprint density at radius 3 is 2.72 bits per heavy atom. The second kappa shape index (κ2) is 7.80. The van der Waals surface area contributed by atoms with Crippen molar-refractivity contribution in [1.29, 1.82) is 0 Å². The first kappa shape index (κ1) is 17.0. The average molecular weight is 356 g/mol. The lowest BCUT2D eigenvalue weighted by atomic mass is 10.1. The first-order chi connectivity index (χ1) is 12.1. The van der Waals surface area contributed by atoms with Crippen molar-refractivity contribution in [3.8, 4) is 0 Å². The number of nitrogens with one attached hydrogen (secondary N) is 1. The Balaban J connectivity index is 1.54. The van der Waals surface area contributed by atoms with Gasteiger partial charge in [-0.05, 0) is 43.3 Å². The summed E-state index contributed by atoms with van der Waals surface area (Å²) in [5, 5.41) is 11.3. The molecule has 1 amide bonds. The highest BCUT2D eigenvalue weighted by molar-refractivity contribution is 7.99. The number of Topliss-reactive ketones (excluding diaryl/α,β-unsaturated/α-hetero) is 1. The van der Waals surface area contributed by atoms with E-state index in [1.807, 2.05) is 16.7 Å². The van der Waals surface area contributed by atoms with Crippen LogP contribution in [0.1, 0.15) is 23.0 Å². The number of carbonyl (C=O) groups is 2. The van der Waals surface area contributed by atoms with Gasteiger partial charge in [0, 0.05) is 11.3 Å². The minimum atomic E-state index is -0.159. The summed E-state index contributed by atoms with van der Waals surface area (Å²) in [4.78, 5) is 23.3. The van der Waals surface area contributed by atoms with E-state index in [4.69, 9.17) is 4.42 Å². The molecule has 2 heterocycles. The second-order valence-electron chi connectivity index (χ2n) is 5.29. The smallest absolute Gasteiger partial charge is 0.234 e. The van der Waals surface area contributed by atoms with Crippen LogP contribution in [0.4, 0.5) is 5.69 Å². The summed E-state index contributed by atoms with van der Waals surface area (Å²) >= 11 is 1.29. The molecule has 0 aliphatic carbocycles. The lowest BCUT2D eigenvalue weighted by Crippen LogP contribution is -2.14. The zero-order valence-electron chi connectivity index (χ0n) is 13.5. The third-order valence-electron chi connectivity index (χ3n) is 3.39. The van der Waals surface area contributed by atoms with Gasteiger partial charge in [0.1, 0.15) is 12.1 Å². The van der Waals surface area contributed by atoms with E-state index < -0.39 is 0 Å². The van der Waals surface area contributed by atoms with Crippen LogP contribution in [-0.2, 0) is 11.3 Å². The molecular formula is C17H16N4O3S. The highest BCUT2D eigenvalue weighted by Gasteiger charge is 2.10. The number of aromatic nitrogens is 3. The van der Waals surface area contributed by atoms with Crippen LogP contribution in [0.3, 0.4) is 0 Å². The van der Waals surface area contributed by atoms with Crippen LogP contribution in [0.25, 0.3) is 0 Å². The molecule has 0 saturated carbocycles. The van der Waals surface area contributed by atoms with E-state index in [9.17, 15) is 9.59 Å². The summed E-state index contributed by atoms with van der Waals surface area (Å²) < 4.78 is 7.12. The first-order valence-corrected chi connectivity index (χ1v) is 8.54. The molecule has 25 heavy (non-hydrogen) atoms. The molecule has 0 spiro atoms. The Morgan fingerprint density at radius 1 is 1.24 bits per heavy atom. The molecule has 1 N–H and O–H groups in total. The molecule has 0 aliphatic heterocycles. The predicted octanol–water partition coefficient (Wildman–Crippen LogP) is 2.85. The molecule has 128 valence electrons. The van der Waals surface area contributed by atoms with Crippen molar-refractivity contribution in [2.45, 2.75) is 18.6 Å². The fourth-order valence-electron chi connectivity index (χ4n) is 2.15. The number of ketones is 1. The van der Waals surface area contributed by atoms with Gasteiger partial charge in [-0.3, -0.25) is 9.59 Å². The monoisotopic (exact) mass is 356 g/mol. The second-order valence-corrected chi connectivity index (χ2v) is 6.23. The lowest BCUT2D eigenvalue weighted by molar-refractivity contribution is -0.113. The average Bonchev–Trinajstić information content (AvgIpc) is 3.26. The van der Waals surface area contributed by atoms with E-state index >= 15 is 0 Å². The normalized spacial score (nSPS) is 10.6. The van der Waals surface area contributed by atoms with Crippen LogP contribution >= 0.6 is 11.8 Å². The number of benzene rings is 1. The van der Waals surface area contributed by atoms with E-state index in [2.05, 4.69) is 15.5 Å². The number of rotatable bonds is 7. The summed E-state index contributed by atoms with van der Waals surface area (Å²) in [5.41, 5.74) is 1.26. The largest absolute Gasteiger partial charge is 0.467 e. The SMILES string of the molecule is CC(=O)c1ccc(NC(=O)CSc2nncn2Cc2ccco2)cc1. The maximum atomic E-state index is 12.1. The molecule has 0 fully saturated rings. The van der Waals surface area contributed by atoms with Gasteiger partial charge in [0.15, 0.2) is 10.9 Å². The first-order valence-electron chi connectivity index (χ1n) is 7.55. The van der Waals surface area contributed by atoms with Crippen molar-refractivity contribution in [1.82, 2.24) is 14.8 Å². The molecule has 8 heteroatoms. The van der Waals surface area contributed by atoms with Gasteiger partial charge in [0.2, 0.25) is 5.91 Å². The van der Waals surface area contributed by atoms with Gasteiger partial charge in [0.05, 0.1) is 18.6 Å².